The maximum absolute atomic E-state index is 13.0. The zero-order valence-electron chi connectivity index (χ0n) is 17.5. The predicted octanol–water partition coefficient (Wildman–Crippen LogP) is 4.01. The van der Waals surface area contributed by atoms with E-state index in [0.717, 1.165) is 46.4 Å². The van der Waals surface area contributed by atoms with Gasteiger partial charge in [0.15, 0.2) is 5.65 Å². The van der Waals surface area contributed by atoms with Crippen LogP contribution in [0.4, 0.5) is 0 Å². The van der Waals surface area contributed by atoms with E-state index < -0.39 is 0 Å². The van der Waals surface area contributed by atoms with Crippen molar-refractivity contribution >= 4 is 16.9 Å². The van der Waals surface area contributed by atoms with Crippen LogP contribution in [0.3, 0.4) is 0 Å². The second-order valence-corrected chi connectivity index (χ2v) is 8.14. The van der Waals surface area contributed by atoms with Crippen LogP contribution in [0.2, 0.25) is 0 Å². The predicted molar refractivity (Wildman–Crippen MR) is 113 cm³/mol. The molecule has 6 nitrogen and oxygen atoms in total. The highest BCUT2D eigenvalue weighted by atomic mass is 16.5. The monoisotopic (exact) mass is 392 g/mol. The summed E-state index contributed by atoms with van der Waals surface area (Å²) in [6, 6.07) is 10.1. The van der Waals surface area contributed by atoms with E-state index >= 15 is 0 Å². The number of amides is 1. The lowest BCUT2D eigenvalue weighted by Gasteiger charge is -2.10. The van der Waals surface area contributed by atoms with Crippen molar-refractivity contribution in [1.82, 2.24) is 20.1 Å². The molecule has 1 amide bonds. The van der Waals surface area contributed by atoms with Crippen LogP contribution < -0.4 is 5.32 Å². The topological polar surface area (TPSA) is 69.0 Å². The number of fused-ring (bicyclic) bond motifs is 1. The van der Waals surface area contributed by atoms with Gasteiger partial charge in [-0.25, -0.2) is 4.98 Å². The minimum absolute atomic E-state index is 0.0809. The molecule has 2 aromatic heterocycles. The van der Waals surface area contributed by atoms with E-state index in [4.69, 9.17) is 9.72 Å². The number of pyridine rings is 1. The molecule has 3 aromatic rings. The van der Waals surface area contributed by atoms with Crippen LogP contribution in [0.15, 0.2) is 30.3 Å². The molecule has 1 saturated carbocycles. The van der Waals surface area contributed by atoms with Gasteiger partial charge in [0.2, 0.25) is 0 Å². The Morgan fingerprint density at radius 2 is 1.93 bits per heavy atom. The van der Waals surface area contributed by atoms with Gasteiger partial charge in [-0.1, -0.05) is 24.3 Å². The fourth-order valence-corrected chi connectivity index (χ4v) is 3.53. The molecule has 0 radical (unpaired) electrons. The first-order chi connectivity index (χ1) is 13.9. The molecule has 1 aliphatic rings. The molecule has 0 saturated heterocycles. The number of benzene rings is 1. The van der Waals surface area contributed by atoms with Crippen LogP contribution in [0.1, 0.15) is 65.5 Å². The minimum atomic E-state index is -0.0809. The molecule has 1 N–H and O–H groups in total. The Bertz CT molecular complexity index is 1030. The van der Waals surface area contributed by atoms with Gasteiger partial charge >= 0.3 is 0 Å². The Morgan fingerprint density at radius 3 is 2.59 bits per heavy atom. The van der Waals surface area contributed by atoms with E-state index in [1.807, 2.05) is 58.2 Å². The molecular formula is C23H28N4O2. The third-order valence-corrected chi connectivity index (χ3v) is 5.29. The molecule has 4 rings (SSSR count). The highest BCUT2D eigenvalue weighted by Crippen LogP contribution is 2.40. The molecular weight excluding hydrogens is 364 g/mol. The molecule has 0 aliphatic heterocycles. The quantitative estimate of drug-likeness (QED) is 0.660. The van der Waals surface area contributed by atoms with Crippen molar-refractivity contribution in [3.8, 4) is 0 Å². The van der Waals surface area contributed by atoms with Crippen molar-refractivity contribution < 1.29 is 9.53 Å². The molecule has 1 aromatic carbocycles. The van der Waals surface area contributed by atoms with Gasteiger partial charge in [0.1, 0.15) is 0 Å². The Balaban J connectivity index is 1.50. The Morgan fingerprint density at radius 1 is 1.24 bits per heavy atom. The summed E-state index contributed by atoms with van der Waals surface area (Å²) in [5.74, 6) is 0.393. The van der Waals surface area contributed by atoms with Crippen LogP contribution >= 0.6 is 0 Å². The van der Waals surface area contributed by atoms with Crippen LogP contribution in [0.25, 0.3) is 11.0 Å². The Labute approximate surface area is 171 Å². The number of hydrogen-bond acceptors (Lipinski definition) is 4. The third kappa shape index (κ3) is 4.32. The second kappa shape index (κ2) is 7.95. The summed E-state index contributed by atoms with van der Waals surface area (Å²) in [5, 5.41) is 8.38. The lowest BCUT2D eigenvalue weighted by Crippen LogP contribution is -2.23. The molecule has 29 heavy (non-hydrogen) atoms. The van der Waals surface area contributed by atoms with Gasteiger partial charge in [-0.3, -0.25) is 9.48 Å². The molecule has 0 bridgehead atoms. The van der Waals surface area contributed by atoms with E-state index in [0.29, 0.717) is 24.6 Å². The van der Waals surface area contributed by atoms with Crippen molar-refractivity contribution in [1.29, 1.82) is 0 Å². The standard InChI is InChI=1S/C23H28N4O2/c1-14(2)29-13-17-7-5-16(6-8-17)12-24-23(28)19-11-20(18-9-10-18)25-22-21(19)15(3)26-27(22)4/h5-8,11,14,18H,9-10,12-13H2,1-4H3,(H,24,28). The number of aromatic nitrogens is 3. The van der Waals surface area contributed by atoms with E-state index in [-0.39, 0.29) is 12.0 Å². The lowest BCUT2D eigenvalue weighted by atomic mass is 10.1. The summed E-state index contributed by atoms with van der Waals surface area (Å²) >= 11 is 0. The maximum atomic E-state index is 13.0. The summed E-state index contributed by atoms with van der Waals surface area (Å²) in [5.41, 5.74) is 5.47. The summed E-state index contributed by atoms with van der Waals surface area (Å²) in [4.78, 5) is 17.8. The van der Waals surface area contributed by atoms with Gasteiger partial charge in [-0.15, -0.1) is 0 Å². The summed E-state index contributed by atoms with van der Waals surface area (Å²) < 4.78 is 7.40. The molecule has 0 unspecified atom stereocenters. The molecule has 0 spiro atoms. The number of nitrogens with zero attached hydrogens (tertiary/aromatic N) is 3. The van der Waals surface area contributed by atoms with Crippen molar-refractivity contribution in [2.75, 3.05) is 0 Å². The van der Waals surface area contributed by atoms with Crippen LogP contribution in [0.5, 0.6) is 0 Å². The summed E-state index contributed by atoms with van der Waals surface area (Å²) in [6.45, 7) is 7.06. The number of carbonyl (C=O) groups excluding carboxylic acids is 1. The molecule has 2 heterocycles. The number of aryl methyl sites for hydroxylation is 2. The van der Waals surface area contributed by atoms with Crippen molar-refractivity contribution in [3.63, 3.8) is 0 Å². The van der Waals surface area contributed by atoms with Gasteiger partial charge < -0.3 is 10.1 Å². The largest absolute Gasteiger partial charge is 0.374 e. The van der Waals surface area contributed by atoms with E-state index in [1.54, 1.807) is 4.68 Å². The van der Waals surface area contributed by atoms with Crippen molar-refractivity contribution in [2.45, 2.75) is 58.8 Å². The minimum Gasteiger partial charge on any atom is -0.374 e. The number of nitrogens with one attached hydrogen (secondary N) is 1. The highest BCUT2D eigenvalue weighted by Gasteiger charge is 2.28. The smallest absolute Gasteiger partial charge is 0.252 e. The average molecular weight is 393 g/mol. The molecule has 0 atom stereocenters. The first-order valence-electron chi connectivity index (χ1n) is 10.2. The number of ether oxygens (including phenoxy) is 1. The Kier molecular flexibility index (Phi) is 5.37. The van der Waals surface area contributed by atoms with Gasteiger partial charge in [-0.05, 0) is 50.8 Å². The van der Waals surface area contributed by atoms with Crippen LogP contribution in [0, 0.1) is 6.92 Å². The van der Waals surface area contributed by atoms with Crippen LogP contribution in [-0.4, -0.2) is 26.8 Å². The van der Waals surface area contributed by atoms with Gasteiger partial charge in [0, 0.05) is 25.2 Å². The van der Waals surface area contributed by atoms with Gasteiger partial charge in [0.25, 0.3) is 5.91 Å². The maximum Gasteiger partial charge on any atom is 0.252 e. The highest BCUT2D eigenvalue weighted by molar-refractivity contribution is 6.06. The normalized spacial score (nSPS) is 14.0. The zero-order chi connectivity index (χ0) is 20.5. The van der Waals surface area contributed by atoms with Crippen molar-refractivity contribution in [3.05, 3.63) is 58.4 Å². The summed E-state index contributed by atoms with van der Waals surface area (Å²) in [6.07, 6.45) is 2.50. The van der Waals surface area contributed by atoms with E-state index in [9.17, 15) is 4.79 Å². The van der Waals surface area contributed by atoms with E-state index in [1.165, 1.54) is 0 Å². The molecule has 6 heteroatoms. The zero-order valence-corrected chi connectivity index (χ0v) is 17.5. The number of carbonyl (C=O) groups is 1. The van der Waals surface area contributed by atoms with Crippen LogP contribution in [-0.2, 0) is 24.9 Å². The van der Waals surface area contributed by atoms with Crippen molar-refractivity contribution in [2.24, 2.45) is 7.05 Å². The second-order valence-electron chi connectivity index (χ2n) is 8.14. The Hall–Kier alpha value is -2.73. The summed E-state index contributed by atoms with van der Waals surface area (Å²) in [7, 11) is 1.88. The molecule has 1 fully saturated rings. The lowest BCUT2D eigenvalue weighted by molar-refractivity contribution is 0.0657. The average Bonchev–Trinajstić information content (AvgIpc) is 3.51. The third-order valence-electron chi connectivity index (χ3n) is 5.29. The van der Waals surface area contributed by atoms with Gasteiger partial charge in [0.05, 0.1) is 29.4 Å². The fourth-order valence-electron chi connectivity index (χ4n) is 3.53. The first-order valence-corrected chi connectivity index (χ1v) is 10.2. The fraction of sp³-hybridized carbons (Fsp3) is 0.435. The molecule has 1 aliphatic carbocycles. The molecule has 152 valence electrons. The SMILES string of the molecule is Cc1nn(C)c2nc(C3CC3)cc(C(=O)NCc3ccc(COC(C)C)cc3)c12. The van der Waals surface area contributed by atoms with E-state index in [2.05, 4.69) is 10.4 Å². The number of rotatable bonds is 7. The first kappa shape index (κ1) is 19.6. The number of hydrogen-bond donors (Lipinski definition) is 1. The van der Waals surface area contributed by atoms with Gasteiger partial charge in [-0.2, -0.15) is 5.10 Å².